The standard InChI is InChI=1S/C12H21NO4/c1-5-6-7-9(8-10(14)15)13-11(16)17-12(2,3)4/h5,9H,1,6-8H2,2-4H3,(H,13,16)(H,14,15). The van der Waals surface area contributed by atoms with Crippen molar-refractivity contribution in [1.29, 1.82) is 0 Å². The Morgan fingerprint density at radius 3 is 2.47 bits per heavy atom. The molecule has 2 N–H and O–H groups in total. The summed E-state index contributed by atoms with van der Waals surface area (Å²) in [5.74, 6) is -0.949. The van der Waals surface area contributed by atoms with Crippen molar-refractivity contribution in [3.63, 3.8) is 0 Å². The zero-order valence-electron chi connectivity index (χ0n) is 10.7. The largest absolute Gasteiger partial charge is 0.481 e. The molecule has 0 saturated heterocycles. The summed E-state index contributed by atoms with van der Waals surface area (Å²) < 4.78 is 5.06. The Balaban J connectivity index is 4.26. The van der Waals surface area contributed by atoms with Crippen LogP contribution >= 0.6 is 0 Å². The molecule has 5 heteroatoms. The first-order valence-electron chi connectivity index (χ1n) is 5.57. The van der Waals surface area contributed by atoms with E-state index in [0.29, 0.717) is 12.8 Å². The maximum absolute atomic E-state index is 11.5. The van der Waals surface area contributed by atoms with E-state index in [0.717, 1.165) is 0 Å². The van der Waals surface area contributed by atoms with Crippen LogP contribution in [-0.4, -0.2) is 28.8 Å². The third-order valence-corrected chi connectivity index (χ3v) is 1.86. The molecule has 0 saturated carbocycles. The van der Waals surface area contributed by atoms with Crippen LogP contribution in [0.4, 0.5) is 4.79 Å². The van der Waals surface area contributed by atoms with Crippen molar-refractivity contribution in [3.8, 4) is 0 Å². The molecule has 0 heterocycles. The number of carboxylic acid groups (broad SMARTS) is 1. The minimum atomic E-state index is -0.949. The summed E-state index contributed by atoms with van der Waals surface area (Å²) in [7, 11) is 0. The van der Waals surface area contributed by atoms with Crippen LogP contribution < -0.4 is 5.32 Å². The van der Waals surface area contributed by atoms with E-state index >= 15 is 0 Å². The maximum atomic E-state index is 11.5. The molecule has 1 atom stereocenters. The molecular formula is C12H21NO4. The number of ether oxygens (including phenoxy) is 1. The molecule has 98 valence electrons. The van der Waals surface area contributed by atoms with Gasteiger partial charge in [0.15, 0.2) is 0 Å². The first kappa shape index (κ1) is 15.5. The van der Waals surface area contributed by atoms with Crippen LogP contribution in [0.1, 0.15) is 40.0 Å². The fraction of sp³-hybridized carbons (Fsp3) is 0.667. The number of alkyl carbamates (subject to hydrolysis) is 1. The highest BCUT2D eigenvalue weighted by molar-refractivity contribution is 5.71. The van der Waals surface area contributed by atoms with Crippen molar-refractivity contribution in [2.45, 2.75) is 51.7 Å². The highest BCUT2D eigenvalue weighted by Crippen LogP contribution is 2.09. The summed E-state index contributed by atoms with van der Waals surface area (Å²) >= 11 is 0. The Morgan fingerprint density at radius 1 is 1.47 bits per heavy atom. The molecule has 0 rings (SSSR count). The van der Waals surface area contributed by atoms with Gasteiger partial charge in [-0.05, 0) is 33.6 Å². The molecule has 0 aliphatic rings. The van der Waals surface area contributed by atoms with Gasteiger partial charge in [-0.15, -0.1) is 6.58 Å². The highest BCUT2D eigenvalue weighted by atomic mass is 16.6. The molecule has 0 bridgehead atoms. The fourth-order valence-corrected chi connectivity index (χ4v) is 1.23. The summed E-state index contributed by atoms with van der Waals surface area (Å²) in [6, 6.07) is -0.430. The van der Waals surface area contributed by atoms with E-state index < -0.39 is 23.7 Å². The van der Waals surface area contributed by atoms with Gasteiger partial charge in [0, 0.05) is 6.04 Å². The quantitative estimate of drug-likeness (QED) is 0.702. The van der Waals surface area contributed by atoms with Crippen LogP contribution in [0, 0.1) is 0 Å². The molecule has 0 aromatic carbocycles. The number of carbonyl (C=O) groups excluding carboxylic acids is 1. The maximum Gasteiger partial charge on any atom is 0.407 e. The van der Waals surface area contributed by atoms with E-state index in [9.17, 15) is 9.59 Å². The van der Waals surface area contributed by atoms with Crippen molar-refractivity contribution in [3.05, 3.63) is 12.7 Å². The van der Waals surface area contributed by atoms with Gasteiger partial charge in [-0.2, -0.15) is 0 Å². The number of allylic oxidation sites excluding steroid dienone is 1. The molecule has 0 aromatic rings. The number of nitrogens with one attached hydrogen (secondary N) is 1. The predicted octanol–water partition coefficient (Wildman–Crippen LogP) is 2.32. The molecular weight excluding hydrogens is 222 g/mol. The molecule has 1 amide bonds. The number of aliphatic carboxylic acids is 1. The molecule has 5 nitrogen and oxygen atoms in total. The molecule has 0 spiro atoms. The van der Waals surface area contributed by atoms with Crippen molar-refractivity contribution < 1.29 is 19.4 Å². The second-order valence-corrected chi connectivity index (χ2v) is 4.81. The van der Waals surface area contributed by atoms with Crippen LogP contribution in [0.15, 0.2) is 12.7 Å². The molecule has 17 heavy (non-hydrogen) atoms. The summed E-state index contributed by atoms with van der Waals surface area (Å²) in [6.07, 6.45) is 2.16. The van der Waals surface area contributed by atoms with Gasteiger partial charge < -0.3 is 15.2 Å². The zero-order chi connectivity index (χ0) is 13.5. The van der Waals surface area contributed by atoms with E-state index in [1.807, 2.05) is 0 Å². The topological polar surface area (TPSA) is 75.6 Å². The smallest absolute Gasteiger partial charge is 0.407 e. The minimum Gasteiger partial charge on any atom is -0.481 e. The van der Waals surface area contributed by atoms with Crippen LogP contribution in [0.5, 0.6) is 0 Å². The Morgan fingerprint density at radius 2 is 2.06 bits per heavy atom. The lowest BCUT2D eigenvalue weighted by Crippen LogP contribution is -2.40. The average molecular weight is 243 g/mol. The number of amides is 1. The van der Waals surface area contributed by atoms with Gasteiger partial charge >= 0.3 is 12.1 Å². The van der Waals surface area contributed by atoms with Crippen molar-refractivity contribution in [2.75, 3.05) is 0 Å². The van der Waals surface area contributed by atoms with E-state index in [4.69, 9.17) is 9.84 Å². The zero-order valence-corrected chi connectivity index (χ0v) is 10.7. The summed E-state index contributed by atoms with van der Waals surface area (Å²) in [5, 5.41) is 11.3. The van der Waals surface area contributed by atoms with Gasteiger partial charge in [0.05, 0.1) is 6.42 Å². The SMILES string of the molecule is C=CCCC(CC(=O)O)NC(=O)OC(C)(C)C. The lowest BCUT2D eigenvalue weighted by molar-refractivity contribution is -0.137. The summed E-state index contributed by atoms with van der Waals surface area (Å²) in [5.41, 5.74) is -0.587. The Labute approximate surface area is 102 Å². The van der Waals surface area contributed by atoms with Crippen molar-refractivity contribution in [2.24, 2.45) is 0 Å². The fourth-order valence-electron chi connectivity index (χ4n) is 1.23. The van der Waals surface area contributed by atoms with Crippen molar-refractivity contribution in [1.82, 2.24) is 5.32 Å². The molecule has 0 aliphatic carbocycles. The van der Waals surface area contributed by atoms with Crippen LogP contribution in [0.2, 0.25) is 0 Å². The number of carboxylic acids is 1. The third-order valence-electron chi connectivity index (χ3n) is 1.86. The summed E-state index contributed by atoms with van der Waals surface area (Å²) in [4.78, 5) is 22.1. The second-order valence-electron chi connectivity index (χ2n) is 4.81. The van der Waals surface area contributed by atoms with E-state index in [1.165, 1.54) is 0 Å². The van der Waals surface area contributed by atoms with Crippen LogP contribution in [-0.2, 0) is 9.53 Å². The Hall–Kier alpha value is -1.52. The normalized spacial score (nSPS) is 12.6. The van der Waals surface area contributed by atoms with Gasteiger partial charge in [-0.25, -0.2) is 4.79 Å². The lowest BCUT2D eigenvalue weighted by Gasteiger charge is -2.22. The van der Waals surface area contributed by atoms with Gasteiger partial charge in [-0.1, -0.05) is 6.08 Å². The predicted molar refractivity (Wildman–Crippen MR) is 64.8 cm³/mol. The molecule has 0 fully saturated rings. The summed E-state index contributed by atoms with van der Waals surface area (Å²) in [6.45, 7) is 8.82. The Kier molecular flexibility index (Phi) is 6.31. The number of carbonyl (C=O) groups is 2. The number of hydrogen-bond acceptors (Lipinski definition) is 3. The molecule has 0 radical (unpaired) electrons. The lowest BCUT2D eigenvalue weighted by atomic mass is 10.1. The third kappa shape index (κ3) is 9.41. The van der Waals surface area contributed by atoms with Gasteiger partial charge in [0.25, 0.3) is 0 Å². The molecule has 0 aliphatic heterocycles. The Bertz CT molecular complexity index is 281. The van der Waals surface area contributed by atoms with Gasteiger partial charge in [-0.3, -0.25) is 4.79 Å². The molecule has 0 aromatic heterocycles. The van der Waals surface area contributed by atoms with E-state index in [1.54, 1.807) is 26.8 Å². The number of hydrogen-bond donors (Lipinski definition) is 2. The van der Waals surface area contributed by atoms with Crippen LogP contribution in [0.25, 0.3) is 0 Å². The average Bonchev–Trinajstić information content (AvgIpc) is 2.09. The van der Waals surface area contributed by atoms with Gasteiger partial charge in [0.2, 0.25) is 0 Å². The van der Waals surface area contributed by atoms with Crippen molar-refractivity contribution >= 4 is 12.1 Å². The molecule has 1 unspecified atom stereocenters. The highest BCUT2D eigenvalue weighted by Gasteiger charge is 2.20. The first-order chi connectivity index (χ1) is 7.74. The minimum absolute atomic E-state index is 0.118. The van der Waals surface area contributed by atoms with Crippen LogP contribution in [0.3, 0.4) is 0 Å². The second kappa shape index (κ2) is 6.93. The number of rotatable bonds is 6. The monoisotopic (exact) mass is 243 g/mol. The van der Waals surface area contributed by atoms with E-state index in [-0.39, 0.29) is 6.42 Å². The van der Waals surface area contributed by atoms with E-state index in [2.05, 4.69) is 11.9 Å². The van der Waals surface area contributed by atoms with Gasteiger partial charge in [0.1, 0.15) is 5.60 Å². The first-order valence-corrected chi connectivity index (χ1v) is 5.57.